The minimum Gasteiger partial charge on any atom is -0.336 e. The number of piperazine rings is 1. The maximum Gasteiger partial charge on any atom is 0.254 e. The average molecular weight is 327 g/mol. The number of carbonyl (C=O) groups excluding carboxylic acids is 1. The molecule has 0 saturated carbocycles. The highest BCUT2D eigenvalue weighted by molar-refractivity contribution is 6.06. The molecule has 1 atom stereocenters. The first-order valence-corrected chi connectivity index (χ1v) is 8.89. The number of piperidine rings is 1. The Labute approximate surface area is 142 Å². The minimum absolute atomic E-state index is 0.131. The van der Waals surface area contributed by atoms with Crippen molar-refractivity contribution in [2.45, 2.75) is 39.2 Å². The van der Waals surface area contributed by atoms with E-state index in [0.29, 0.717) is 6.04 Å². The highest BCUT2D eigenvalue weighted by atomic mass is 16.2. The van der Waals surface area contributed by atoms with Crippen molar-refractivity contribution in [3.63, 3.8) is 0 Å². The van der Waals surface area contributed by atoms with Crippen molar-refractivity contribution in [3.05, 3.63) is 23.0 Å². The van der Waals surface area contributed by atoms with E-state index in [4.69, 9.17) is 0 Å². The number of amides is 1. The molecule has 0 aliphatic carbocycles. The van der Waals surface area contributed by atoms with Gasteiger partial charge in [0.05, 0.1) is 16.6 Å². The summed E-state index contributed by atoms with van der Waals surface area (Å²) in [6.45, 7) is 7.74. The van der Waals surface area contributed by atoms with Gasteiger partial charge >= 0.3 is 0 Å². The van der Waals surface area contributed by atoms with Crippen LogP contribution in [-0.2, 0) is 7.05 Å². The van der Waals surface area contributed by atoms with Crippen molar-refractivity contribution in [2.75, 3.05) is 26.2 Å². The molecule has 2 aromatic rings. The molecule has 6 nitrogen and oxygen atoms in total. The van der Waals surface area contributed by atoms with Crippen molar-refractivity contribution in [3.8, 4) is 0 Å². The van der Waals surface area contributed by atoms with E-state index in [-0.39, 0.29) is 5.91 Å². The summed E-state index contributed by atoms with van der Waals surface area (Å²) in [5, 5.41) is 5.36. The molecule has 2 aliphatic heterocycles. The number of hydrogen-bond donors (Lipinski definition) is 0. The standard InChI is InChI=1S/C18H25N5O/c1-12-10-15(16-13(2)20-21(3)17(16)19-12)18(24)23-9-8-22-7-5-4-6-14(22)11-23/h10,14H,4-9,11H2,1-3H3. The minimum atomic E-state index is 0.131. The Kier molecular flexibility index (Phi) is 3.79. The van der Waals surface area contributed by atoms with Crippen LogP contribution in [0.5, 0.6) is 0 Å². The fraction of sp³-hybridized carbons (Fsp3) is 0.611. The molecule has 1 amide bonds. The molecule has 0 N–H and O–H groups in total. The fourth-order valence-electron chi connectivity index (χ4n) is 4.25. The van der Waals surface area contributed by atoms with Crippen molar-refractivity contribution in [1.29, 1.82) is 0 Å². The number of carbonyl (C=O) groups is 1. The van der Waals surface area contributed by atoms with Crippen LogP contribution in [0.4, 0.5) is 0 Å². The highest BCUT2D eigenvalue weighted by Crippen LogP contribution is 2.26. The van der Waals surface area contributed by atoms with E-state index in [0.717, 1.165) is 47.6 Å². The molecule has 0 bridgehead atoms. The van der Waals surface area contributed by atoms with E-state index in [1.807, 2.05) is 31.9 Å². The molecule has 0 aromatic carbocycles. The zero-order valence-corrected chi connectivity index (χ0v) is 14.7. The zero-order chi connectivity index (χ0) is 16.8. The van der Waals surface area contributed by atoms with Gasteiger partial charge in [0.25, 0.3) is 5.91 Å². The van der Waals surface area contributed by atoms with Crippen LogP contribution in [0, 0.1) is 13.8 Å². The summed E-state index contributed by atoms with van der Waals surface area (Å²) in [5.74, 6) is 0.131. The lowest BCUT2D eigenvalue weighted by molar-refractivity contribution is 0.0374. The molecule has 4 rings (SSSR count). The summed E-state index contributed by atoms with van der Waals surface area (Å²) in [6, 6.07) is 2.46. The zero-order valence-electron chi connectivity index (χ0n) is 14.7. The molecular weight excluding hydrogens is 302 g/mol. The SMILES string of the molecule is Cc1cc(C(=O)N2CCN3CCCCC3C2)c2c(C)nn(C)c2n1. The van der Waals surface area contributed by atoms with Crippen LogP contribution in [0.2, 0.25) is 0 Å². The molecule has 2 aromatic heterocycles. The van der Waals surface area contributed by atoms with Crippen molar-refractivity contribution < 1.29 is 4.79 Å². The van der Waals surface area contributed by atoms with Crippen LogP contribution in [0.15, 0.2) is 6.07 Å². The van der Waals surface area contributed by atoms with E-state index in [1.54, 1.807) is 4.68 Å². The second-order valence-corrected chi connectivity index (χ2v) is 7.16. The molecule has 2 aliphatic rings. The molecule has 1 unspecified atom stereocenters. The third-order valence-corrected chi connectivity index (χ3v) is 5.45. The van der Waals surface area contributed by atoms with Crippen LogP contribution in [0.3, 0.4) is 0 Å². The smallest absolute Gasteiger partial charge is 0.254 e. The average Bonchev–Trinajstić information content (AvgIpc) is 2.87. The van der Waals surface area contributed by atoms with Gasteiger partial charge in [0.1, 0.15) is 0 Å². The fourth-order valence-corrected chi connectivity index (χ4v) is 4.25. The number of fused-ring (bicyclic) bond motifs is 2. The van der Waals surface area contributed by atoms with E-state index in [2.05, 4.69) is 15.0 Å². The largest absolute Gasteiger partial charge is 0.336 e. The quantitative estimate of drug-likeness (QED) is 0.803. The van der Waals surface area contributed by atoms with Crippen molar-refractivity contribution in [1.82, 2.24) is 24.6 Å². The molecule has 2 fully saturated rings. The number of nitrogens with zero attached hydrogens (tertiary/aromatic N) is 5. The summed E-state index contributed by atoms with van der Waals surface area (Å²) in [7, 11) is 1.89. The van der Waals surface area contributed by atoms with Gasteiger partial charge in [0.2, 0.25) is 0 Å². The summed E-state index contributed by atoms with van der Waals surface area (Å²) >= 11 is 0. The molecule has 6 heteroatoms. The first-order chi connectivity index (χ1) is 11.5. The highest BCUT2D eigenvalue weighted by Gasteiger charge is 2.32. The lowest BCUT2D eigenvalue weighted by atomic mass is 9.98. The second kappa shape index (κ2) is 5.84. The number of aromatic nitrogens is 3. The number of hydrogen-bond acceptors (Lipinski definition) is 4. The summed E-state index contributed by atoms with van der Waals surface area (Å²) in [6.07, 6.45) is 3.79. The molecule has 128 valence electrons. The van der Waals surface area contributed by atoms with E-state index >= 15 is 0 Å². The van der Waals surface area contributed by atoms with E-state index in [1.165, 1.54) is 25.8 Å². The number of aryl methyl sites for hydroxylation is 3. The Morgan fingerprint density at radius 1 is 1.21 bits per heavy atom. The number of pyridine rings is 1. The Balaban J connectivity index is 1.68. The lowest BCUT2D eigenvalue weighted by Gasteiger charge is -2.44. The van der Waals surface area contributed by atoms with Gasteiger partial charge in [-0.1, -0.05) is 6.42 Å². The van der Waals surface area contributed by atoms with Gasteiger partial charge in [-0.25, -0.2) is 4.98 Å². The molecule has 0 spiro atoms. The molecule has 2 saturated heterocycles. The van der Waals surface area contributed by atoms with Crippen LogP contribution in [-0.4, -0.2) is 62.7 Å². The molecule has 4 heterocycles. The second-order valence-electron chi connectivity index (χ2n) is 7.16. The lowest BCUT2D eigenvalue weighted by Crippen LogP contribution is -2.56. The van der Waals surface area contributed by atoms with Crippen molar-refractivity contribution >= 4 is 16.9 Å². The molecule has 0 radical (unpaired) electrons. The maximum atomic E-state index is 13.2. The Morgan fingerprint density at radius 3 is 2.88 bits per heavy atom. The third-order valence-electron chi connectivity index (χ3n) is 5.45. The predicted octanol–water partition coefficient (Wildman–Crippen LogP) is 1.90. The Morgan fingerprint density at radius 2 is 2.04 bits per heavy atom. The molecular formula is C18H25N5O. The molecule has 24 heavy (non-hydrogen) atoms. The van der Waals surface area contributed by atoms with Gasteiger partial charge < -0.3 is 4.90 Å². The maximum absolute atomic E-state index is 13.2. The van der Waals surface area contributed by atoms with Gasteiger partial charge in [-0.3, -0.25) is 14.4 Å². The summed E-state index contributed by atoms with van der Waals surface area (Å²) in [5.41, 5.74) is 3.30. The Bertz CT molecular complexity index is 796. The van der Waals surface area contributed by atoms with Gasteiger partial charge in [-0.15, -0.1) is 0 Å². The van der Waals surface area contributed by atoms with Crippen LogP contribution < -0.4 is 0 Å². The van der Waals surface area contributed by atoms with E-state index < -0.39 is 0 Å². The van der Waals surface area contributed by atoms with Gasteiger partial charge in [-0.05, 0) is 39.3 Å². The number of rotatable bonds is 1. The van der Waals surface area contributed by atoms with E-state index in [9.17, 15) is 4.79 Å². The van der Waals surface area contributed by atoms with Crippen LogP contribution >= 0.6 is 0 Å². The summed E-state index contributed by atoms with van der Waals surface area (Å²) in [4.78, 5) is 22.4. The van der Waals surface area contributed by atoms with Crippen LogP contribution in [0.25, 0.3) is 11.0 Å². The predicted molar refractivity (Wildman–Crippen MR) is 93.1 cm³/mol. The normalized spacial score (nSPS) is 22.0. The van der Waals surface area contributed by atoms with Crippen LogP contribution in [0.1, 0.15) is 41.0 Å². The Hall–Kier alpha value is -1.95. The topological polar surface area (TPSA) is 54.3 Å². The third kappa shape index (κ3) is 2.49. The van der Waals surface area contributed by atoms with Crippen molar-refractivity contribution in [2.24, 2.45) is 7.05 Å². The monoisotopic (exact) mass is 327 g/mol. The first-order valence-electron chi connectivity index (χ1n) is 8.89. The first kappa shape index (κ1) is 15.6. The van der Waals surface area contributed by atoms with Gasteiger partial charge in [0.15, 0.2) is 5.65 Å². The summed E-state index contributed by atoms with van der Waals surface area (Å²) < 4.78 is 1.77. The van der Waals surface area contributed by atoms with Gasteiger partial charge in [-0.2, -0.15) is 5.10 Å². The van der Waals surface area contributed by atoms with Gasteiger partial charge in [0, 0.05) is 38.4 Å².